The van der Waals surface area contributed by atoms with Gasteiger partial charge in [-0.05, 0) is 48.9 Å². The lowest BCUT2D eigenvalue weighted by atomic mass is 9.80. The van der Waals surface area contributed by atoms with Crippen molar-refractivity contribution in [2.75, 3.05) is 6.61 Å². The van der Waals surface area contributed by atoms with E-state index in [0.717, 1.165) is 47.4 Å². The Morgan fingerprint density at radius 1 is 1.06 bits per heavy atom. The fourth-order valence-electron chi connectivity index (χ4n) is 5.42. The van der Waals surface area contributed by atoms with E-state index in [1.54, 1.807) is 11.3 Å². The number of fused-ring (bicyclic) bond motifs is 1. The number of carbonyl (C=O) groups is 2. The van der Waals surface area contributed by atoms with E-state index in [2.05, 4.69) is 11.4 Å². The second-order valence-corrected chi connectivity index (χ2v) is 9.91. The van der Waals surface area contributed by atoms with Gasteiger partial charge in [0.15, 0.2) is 0 Å². The van der Waals surface area contributed by atoms with Gasteiger partial charge in [0, 0.05) is 28.6 Å². The molecule has 1 aliphatic heterocycles. The van der Waals surface area contributed by atoms with Crippen molar-refractivity contribution in [2.24, 2.45) is 0 Å². The molecule has 1 fully saturated rings. The van der Waals surface area contributed by atoms with Crippen LogP contribution in [-0.2, 0) is 11.3 Å². The molecule has 1 saturated carbocycles. The Labute approximate surface area is 204 Å². The molecule has 1 aliphatic carbocycles. The molecule has 34 heavy (non-hydrogen) atoms. The Balaban J connectivity index is 1.52. The number of hydrogen-bond donors (Lipinski definition) is 1. The van der Waals surface area contributed by atoms with Crippen molar-refractivity contribution in [2.45, 2.75) is 57.2 Å². The second kappa shape index (κ2) is 10.0. The molecule has 0 radical (unpaired) electrons. The molecule has 1 N–H and O–H groups in total. The number of nitrogens with zero attached hydrogens (tertiary/aromatic N) is 1. The summed E-state index contributed by atoms with van der Waals surface area (Å²) in [5.74, 6) is 0.304. The zero-order chi connectivity index (χ0) is 23.5. The lowest BCUT2D eigenvalue weighted by Crippen LogP contribution is -2.50. The number of thiophene rings is 1. The van der Waals surface area contributed by atoms with Crippen LogP contribution in [0.15, 0.2) is 66.0 Å². The maximum Gasteiger partial charge on any atom is 0.254 e. The Bertz CT molecular complexity index is 1150. The first-order chi connectivity index (χ1) is 16.7. The summed E-state index contributed by atoms with van der Waals surface area (Å²) in [7, 11) is 0. The van der Waals surface area contributed by atoms with E-state index >= 15 is 0 Å². The number of amides is 2. The van der Waals surface area contributed by atoms with Crippen LogP contribution in [0.2, 0.25) is 0 Å². The summed E-state index contributed by atoms with van der Waals surface area (Å²) in [5, 5.41) is 5.20. The zero-order valence-corrected chi connectivity index (χ0v) is 20.2. The average Bonchev–Trinajstić information content (AvgIpc) is 3.58. The van der Waals surface area contributed by atoms with Gasteiger partial charge in [0.2, 0.25) is 5.91 Å². The molecule has 2 amide bonds. The molecule has 6 heteroatoms. The molecule has 1 aromatic heterocycles. The van der Waals surface area contributed by atoms with Gasteiger partial charge in [-0.2, -0.15) is 0 Å². The SMILES string of the molecule is CCOc1ccccc1CNC(=O)[C@H]1c2ccccc2C(=O)N(C2CCCC2)[C@H]1c1cccs1. The van der Waals surface area contributed by atoms with E-state index in [9.17, 15) is 9.59 Å². The molecule has 0 spiro atoms. The monoisotopic (exact) mass is 474 g/mol. The van der Waals surface area contributed by atoms with Crippen molar-refractivity contribution < 1.29 is 14.3 Å². The van der Waals surface area contributed by atoms with E-state index < -0.39 is 5.92 Å². The quantitative estimate of drug-likeness (QED) is 0.479. The first-order valence-corrected chi connectivity index (χ1v) is 13.0. The third kappa shape index (κ3) is 4.23. The molecule has 0 bridgehead atoms. The van der Waals surface area contributed by atoms with E-state index in [-0.39, 0.29) is 23.9 Å². The second-order valence-electron chi connectivity index (χ2n) is 8.93. The van der Waals surface area contributed by atoms with E-state index in [4.69, 9.17) is 4.74 Å². The summed E-state index contributed by atoms with van der Waals surface area (Å²) < 4.78 is 5.75. The fraction of sp³-hybridized carbons (Fsp3) is 0.357. The molecule has 0 unspecified atom stereocenters. The van der Waals surface area contributed by atoms with Crippen LogP contribution in [-0.4, -0.2) is 29.4 Å². The van der Waals surface area contributed by atoms with Crippen molar-refractivity contribution >= 4 is 23.2 Å². The number of nitrogens with one attached hydrogen (secondary N) is 1. The highest BCUT2D eigenvalue weighted by Crippen LogP contribution is 2.47. The van der Waals surface area contributed by atoms with Crippen molar-refractivity contribution in [3.8, 4) is 5.75 Å². The Hall–Kier alpha value is -3.12. The molecule has 3 aromatic rings. The number of benzene rings is 2. The molecule has 0 saturated heterocycles. The van der Waals surface area contributed by atoms with Crippen LogP contribution in [0.4, 0.5) is 0 Å². The van der Waals surface area contributed by atoms with Crippen LogP contribution in [0.3, 0.4) is 0 Å². The van der Waals surface area contributed by atoms with Gasteiger partial charge in [-0.3, -0.25) is 9.59 Å². The molecular formula is C28H30N2O3S. The first kappa shape index (κ1) is 22.7. The van der Waals surface area contributed by atoms with Gasteiger partial charge in [-0.1, -0.05) is 55.3 Å². The van der Waals surface area contributed by atoms with Gasteiger partial charge in [0.25, 0.3) is 5.91 Å². The van der Waals surface area contributed by atoms with Gasteiger partial charge in [-0.25, -0.2) is 0 Å². The normalized spacial score (nSPS) is 20.3. The Morgan fingerprint density at radius 2 is 1.82 bits per heavy atom. The summed E-state index contributed by atoms with van der Waals surface area (Å²) >= 11 is 1.62. The Kier molecular flexibility index (Phi) is 6.68. The summed E-state index contributed by atoms with van der Waals surface area (Å²) in [6, 6.07) is 19.4. The molecule has 2 aliphatic rings. The Morgan fingerprint density at radius 3 is 2.59 bits per heavy atom. The number of rotatable bonds is 7. The van der Waals surface area contributed by atoms with Gasteiger partial charge in [-0.15, -0.1) is 11.3 Å². The lowest BCUT2D eigenvalue weighted by molar-refractivity contribution is -0.124. The van der Waals surface area contributed by atoms with E-state index in [1.165, 1.54) is 0 Å². The lowest BCUT2D eigenvalue weighted by Gasteiger charge is -2.44. The van der Waals surface area contributed by atoms with Gasteiger partial charge < -0.3 is 15.0 Å². The van der Waals surface area contributed by atoms with Crippen LogP contribution >= 0.6 is 11.3 Å². The van der Waals surface area contributed by atoms with Gasteiger partial charge in [0.1, 0.15) is 5.75 Å². The van der Waals surface area contributed by atoms with Crippen LogP contribution in [0.5, 0.6) is 5.75 Å². The standard InChI is InChI=1S/C28H30N2O3S/c1-2-33-23-15-8-3-10-19(23)18-29-27(31)25-21-13-6-7-14-22(21)28(32)30(20-11-4-5-12-20)26(25)24-16-9-17-34-24/h3,6-10,13-17,20,25-26H,2,4-5,11-12,18H2,1H3,(H,29,31)/t25-,26-/m0/s1. The maximum atomic E-state index is 13.9. The maximum absolute atomic E-state index is 13.9. The highest BCUT2D eigenvalue weighted by Gasteiger charge is 2.47. The largest absolute Gasteiger partial charge is 0.494 e. The molecule has 2 atom stereocenters. The van der Waals surface area contributed by atoms with Crippen LogP contribution in [0, 0.1) is 0 Å². The zero-order valence-electron chi connectivity index (χ0n) is 19.4. The first-order valence-electron chi connectivity index (χ1n) is 12.1. The third-order valence-electron chi connectivity index (χ3n) is 6.94. The van der Waals surface area contributed by atoms with Crippen molar-refractivity contribution in [1.29, 1.82) is 0 Å². The molecule has 2 aromatic carbocycles. The fourth-order valence-corrected chi connectivity index (χ4v) is 6.28. The molecule has 5 nitrogen and oxygen atoms in total. The number of hydrogen-bond acceptors (Lipinski definition) is 4. The van der Waals surface area contributed by atoms with Crippen LogP contribution in [0.1, 0.15) is 70.9 Å². The topological polar surface area (TPSA) is 58.6 Å². The van der Waals surface area contributed by atoms with Crippen LogP contribution < -0.4 is 10.1 Å². The summed E-state index contributed by atoms with van der Waals surface area (Å²) in [4.78, 5) is 30.7. The molecule has 176 valence electrons. The number of carbonyl (C=O) groups excluding carboxylic acids is 2. The number of para-hydroxylation sites is 1. The predicted octanol–water partition coefficient (Wildman–Crippen LogP) is 5.69. The summed E-state index contributed by atoms with van der Waals surface area (Å²) in [5.41, 5.74) is 2.41. The van der Waals surface area contributed by atoms with Gasteiger partial charge in [0.05, 0.1) is 18.6 Å². The van der Waals surface area contributed by atoms with E-state index in [1.807, 2.05) is 71.8 Å². The van der Waals surface area contributed by atoms with Gasteiger partial charge >= 0.3 is 0 Å². The molecule has 5 rings (SSSR count). The van der Waals surface area contributed by atoms with Crippen molar-refractivity contribution in [3.63, 3.8) is 0 Å². The minimum Gasteiger partial charge on any atom is -0.494 e. The minimum atomic E-state index is -0.465. The van der Waals surface area contributed by atoms with E-state index in [0.29, 0.717) is 18.7 Å². The number of ether oxygens (including phenoxy) is 1. The highest BCUT2D eigenvalue weighted by atomic mass is 32.1. The molecular weight excluding hydrogens is 444 g/mol. The van der Waals surface area contributed by atoms with Crippen molar-refractivity contribution in [3.05, 3.63) is 87.6 Å². The summed E-state index contributed by atoms with van der Waals surface area (Å²) in [6.45, 7) is 2.90. The van der Waals surface area contributed by atoms with Crippen molar-refractivity contribution in [1.82, 2.24) is 10.2 Å². The third-order valence-corrected chi connectivity index (χ3v) is 7.88. The smallest absolute Gasteiger partial charge is 0.254 e. The van der Waals surface area contributed by atoms with Crippen LogP contribution in [0.25, 0.3) is 0 Å². The predicted molar refractivity (Wildman–Crippen MR) is 134 cm³/mol. The summed E-state index contributed by atoms with van der Waals surface area (Å²) in [6.07, 6.45) is 4.23. The molecule has 2 heterocycles. The average molecular weight is 475 g/mol. The highest BCUT2D eigenvalue weighted by molar-refractivity contribution is 7.10. The minimum absolute atomic E-state index is 0.0478.